The number of rotatable bonds is 8. The van der Waals surface area contributed by atoms with Gasteiger partial charge < -0.3 is 9.47 Å². The van der Waals surface area contributed by atoms with Crippen molar-refractivity contribution in [2.24, 2.45) is 0 Å². The first-order valence-electron chi connectivity index (χ1n) is 9.46. The van der Waals surface area contributed by atoms with Crippen molar-refractivity contribution in [3.8, 4) is 0 Å². The van der Waals surface area contributed by atoms with Crippen LogP contribution in [0.25, 0.3) is 0 Å². The molecule has 144 valence electrons. The lowest BCUT2D eigenvalue weighted by atomic mass is 10.1. The van der Waals surface area contributed by atoms with Gasteiger partial charge in [0.15, 0.2) is 0 Å². The van der Waals surface area contributed by atoms with Crippen molar-refractivity contribution >= 4 is 5.97 Å². The minimum Gasteiger partial charge on any atom is -0.468 e. The minimum absolute atomic E-state index is 0.178. The van der Waals surface area contributed by atoms with Crippen molar-refractivity contribution in [2.75, 3.05) is 40.0 Å². The minimum atomic E-state index is -0.286. The van der Waals surface area contributed by atoms with Gasteiger partial charge in [-0.1, -0.05) is 60.7 Å². The Morgan fingerprint density at radius 2 is 1.52 bits per heavy atom. The molecule has 0 aromatic heterocycles. The zero-order valence-electron chi connectivity index (χ0n) is 15.9. The molecule has 27 heavy (non-hydrogen) atoms. The van der Waals surface area contributed by atoms with Crippen LogP contribution in [0.3, 0.4) is 0 Å². The number of nitrogens with zero attached hydrogens (tertiary/aromatic N) is 2. The summed E-state index contributed by atoms with van der Waals surface area (Å²) < 4.78 is 10.6. The monoisotopic (exact) mass is 368 g/mol. The molecule has 1 saturated heterocycles. The maximum Gasteiger partial charge on any atom is 0.324 e. The Morgan fingerprint density at radius 3 is 2.00 bits per heavy atom. The Balaban J connectivity index is 1.77. The number of methoxy groups -OCH3 is 1. The number of benzene rings is 2. The predicted octanol–water partition coefficient (Wildman–Crippen LogP) is 2.56. The molecule has 0 N–H and O–H groups in total. The summed E-state index contributed by atoms with van der Waals surface area (Å²) in [6, 6.07) is 20.5. The molecule has 0 bridgehead atoms. The van der Waals surface area contributed by atoms with Crippen molar-refractivity contribution in [2.45, 2.75) is 19.1 Å². The molecule has 1 heterocycles. The van der Waals surface area contributed by atoms with Crippen LogP contribution in [-0.2, 0) is 27.4 Å². The molecule has 1 atom stereocenters. The van der Waals surface area contributed by atoms with E-state index in [2.05, 4.69) is 58.3 Å². The lowest BCUT2D eigenvalue weighted by molar-refractivity contribution is -0.149. The molecular formula is C22H28N2O3. The average Bonchev–Trinajstić information content (AvgIpc) is 2.73. The van der Waals surface area contributed by atoms with Gasteiger partial charge in [0.05, 0.1) is 20.3 Å². The van der Waals surface area contributed by atoms with Crippen LogP contribution in [0.15, 0.2) is 60.7 Å². The quantitative estimate of drug-likeness (QED) is 0.670. The molecule has 1 fully saturated rings. The lowest BCUT2D eigenvalue weighted by Gasteiger charge is -2.36. The molecule has 0 aliphatic carbocycles. The highest BCUT2D eigenvalue weighted by Crippen LogP contribution is 2.14. The number of carbonyl (C=O) groups is 1. The Labute approximate surface area is 161 Å². The molecule has 0 spiro atoms. The predicted molar refractivity (Wildman–Crippen MR) is 105 cm³/mol. The zero-order chi connectivity index (χ0) is 18.9. The van der Waals surface area contributed by atoms with Crippen molar-refractivity contribution in [3.63, 3.8) is 0 Å². The fraction of sp³-hybridized carbons (Fsp3) is 0.409. The first-order valence-corrected chi connectivity index (χ1v) is 9.46. The van der Waals surface area contributed by atoms with E-state index in [-0.39, 0.29) is 12.0 Å². The second-order valence-electron chi connectivity index (χ2n) is 6.83. The fourth-order valence-corrected chi connectivity index (χ4v) is 3.48. The molecule has 0 saturated carbocycles. The number of esters is 1. The molecule has 0 amide bonds. The molecule has 3 rings (SSSR count). The fourth-order valence-electron chi connectivity index (χ4n) is 3.48. The van der Waals surface area contributed by atoms with Crippen LogP contribution in [0.5, 0.6) is 0 Å². The Kier molecular flexibility index (Phi) is 7.39. The first-order chi connectivity index (χ1) is 13.3. The van der Waals surface area contributed by atoms with E-state index in [1.807, 2.05) is 12.1 Å². The summed E-state index contributed by atoms with van der Waals surface area (Å²) >= 11 is 0. The Bertz CT molecular complexity index is 646. The third kappa shape index (κ3) is 5.89. The van der Waals surface area contributed by atoms with E-state index in [4.69, 9.17) is 9.47 Å². The third-order valence-electron chi connectivity index (χ3n) is 4.89. The van der Waals surface area contributed by atoms with Crippen LogP contribution >= 0.6 is 0 Å². The van der Waals surface area contributed by atoms with Crippen LogP contribution in [-0.4, -0.2) is 61.8 Å². The maximum absolute atomic E-state index is 12.5. The van der Waals surface area contributed by atoms with Gasteiger partial charge in [0, 0.05) is 32.7 Å². The molecule has 2 aromatic carbocycles. The average molecular weight is 368 g/mol. The van der Waals surface area contributed by atoms with E-state index in [1.54, 1.807) is 0 Å². The molecule has 1 aliphatic rings. The summed E-state index contributed by atoms with van der Waals surface area (Å²) in [5.74, 6) is -0.178. The first kappa shape index (κ1) is 19.5. The van der Waals surface area contributed by atoms with Gasteiger partial charge in [-0.2, -0.15) is 0 Å². The number of morpholine rings is 1. The molecule has 5 heteroatoms. The molecular weight excluding hydrogens is 340 g/mol. The second-order valence-corrected chi connectivity index (χ2v) is 6.83. The van der Waals surface area contributed by atoms with Crippen molar-refractivity contribution in [3.05, 3.63) is 71.8 Å². The summed E-state index contributed by atoms with van der Waals surface area (Å²) in [7, 11) is 1.47. The van der Waals surface area contributed by atoms with Gasteiger partial charge in [-0.15, -0.1) is 0 Å². The van der Waals surface area contributed by atoms with Gasteiger partial charge in [0.2, 0.25) is 0 Å². The highest BCUT2D eigenvalue weighted by atomic mass is 16.5. The van der Waals surface area contributed by atoms with Gasteiger partial charge in [-0.25, -0.2) is 0 Å². The summed E-state index contributed by atoms with van der Waals surface area (Å²) in [6.07, 6.45) is 0. The van der Waals surface area contributed by atoms with Gasteiger partial charge in [-0.3, -0.25) is 14.6 Å². The van der Waals surface area contributed by atoms with E-state index in [9.17, 15) is 4.79 Å². The molecule has 0 radical (unpaired) electrons. The van der Waals surface area contributed by atoms with Crippen LogP contribution in [0, 0.1) is 0 Å². The molecule has 0 unspecified atom stereocenters. The number of carbonyl (C=O) groups excluding carboxylic acids is 1. The summed E-state index contributed by atoms with van der Waals surface area (Å²) in [4.78, 5) is 17.0. The van der Waals surface area contributed by atoms with E-state index in [1.165, 1.54) is 18.2 Å². The van der Waals surface area contributed by atoms with Crippen LogP contribution in [0.4, 0.5) is 0 Å². The van der Waals surface area contributed by atoms with E-state index >= 15 is 0 Å². The normalized spacial score (nSPS) is 16.2. The van der Waals surface area contributed by atoms with E-state index in [0.29, 0.717) is 19.8 Å². The van der Waals surface area contributed by atoms with Crippen LogP contribution in [0.2, 0.25) is 0 Å². The SMILES string of the molecule is COC(=O)[C@H](CN(Cc1ccccc1)Cc1ccccc1)N1CCOCC1. The number of hydrogen-bond donors (Lipinski definition) is 0. The largest absolute Gasteiger partial charge is 0.468 e. The number of ether oxygens (including phenoxy) is 2. The maximum atomic E-state index is 12.5. The topological polar surface area (TPSA) is 42.0 Å². The van der Waals surface area contributed by atoms with Gasteiger partial charge in [-0.05, 0) is 11.1 Å². The van der Waals surface area contributed by atoms with Gasteiger partial charge in [0.25, 0.3) is 0 Å². The number of hydrogen-bond acceptors (Lipinski definition) is 5. The second kappa shape index (κ2) is 10.2. The van der Waals surface area contributed by atoms with Gasteiger partial charge in [0.1, 0.15) is 6.04 Å². The summed E-state index contributed by atoms with van der Waals surface area (Å²) in [5, 5.41) is 0. The van der Waals surface area contributed by atoms with E-state index in [0.717, 1.165) is 26.2 Å². The van der Waals surface area contributed by atoms with Crippen molar-refractivity contribution < 1.29 is 14.3 Å². The van der Waals surface area contributed by atoms with E-state index < -0.39 is 0 Å². The van der Waals surface area contributed by atoms with Crippen molar-refractivity contribution in [1.29, 1.82) is 0 Å². The zero-order valence-corrected chi connectivity index (χ0v) is 15.9. The van der Waals surface area contributed by atoms with Gasteiger partial charge >= 0.3 is 5.97 Å². The Hall–Kier alpha value is -2.21. The summed E-state index contributed by atoms with van der Waals surface area (Å²) in [6.45, 7) is 5.02. The van der Waals surface area contributed by atoms with Crippen LogP contribution in [0.1, 0.15) is 11.1 Å². The molecule has 1 aliphatic heterocycles. The lowest BCUT2D eigenvalue weighted by Crippen LogP contribution is -2.52. The van der Waals surface area contributed by atoms with Crippen LogP contribution < -0.4 is 0 Å². The molecule has 2 aromatic rings. The summed E-state index contributed by atoms with van der Waals surface area (Å²) in [5.41, 5.74) is 2.47. The highest BCUT2D eigenvalue weighted by molar-refractivity contribution is 5.76. The third-order valence-corrected chi connectivity index (χ3v) is 4.89. The van der Waals surface area contributed by atoms with Crippen molar-refractivity contribution in [1.82, 2.24) is 9.80 Å². The standard InChI is InChI=1S/C22H28N2O3/c1-26-22(25)21(24-12-14-27-15-13-24)18-23(16-19-8-4-2-5-9-19)17-20-10-6-3-7-11-20/h2-11,21H,12-18H2,1H3/t21-/m0/s1. The Morgan fingerprint density at radius 1 is 1.00 bits per heavy atom. The smallest absolute Gasteiger partial charge is 0.324 e. The highest BCUT2D eigenvalue weighted by Gasteiger charge is 2.30. The molecule has 5 nitrogen and oxygen atoms in total.